The fourth-order valence-corrected chi connectivity index (χ4v) is 1.89. The molecule has 0 aromatic heterocycles. The molecule has 0 radical (unpaired) electrons. The first-order valence-corrected chi connectivity index (χ1v) is 6.46. The quantitative estimate of drug-likeness (QED) is 0.780. The topological polar surface area (TPSA) is 52.6 Å². The summed E-state index contributed by atoms with van der Waals surface area (Å²) in [6.07, 6.45) is 0. The average molecular weight is 268 g/mol. The number of hydrogen-bond acceptors (Lipinski definition) is 3. The van der Waals surface area contributed by atoms with E-state index in [0.29, 0.717) is 18.7 Å². The van der Waals surface area contributed by atoms with E-state index in [0.717, 1.165) is 0 Å². The summed E-state index contributed by atoms with van der Waals surface area (Å²) in [7, 11) is 0. The molecule has 106 valence electrons. The maximum absolute atomic E-state index is 13.4. The second-order valence-electron chi connectivity index (χ2n) is 4.34. The molecule has 4 nitrogen and oxygen atoms in total. The number of aliphatic hydroxyl groups excluding tert-OH is 1. The highest BCUT2D eigenvalue weighted by Crippen LogP contribution is 2.06. The van der Waals surface area contributed by atoms with Crippen molar-refractivity contribution < 1.29 is 14.3 Å². The van der Waals surface area contributed by atoms with Gasteiger partial charge in [-0.1, -0.05) is 25.1 Å². The molecule has 1 rings (SSSR count). The van der Waals surface area contributed by atoms with Gasteiger partial charge in [0.05, 0.1) is 12.6 Å². The van der Waals surface area contributed by atoms with Crippen LogP contribution in [-0.4, -0.2) is 41.7 Å². The van der Waals surface area contributed by atoms with Crippen LogP contribution in [0.5, 0.6) is 0 Å². The summed E-state index contributed by atoms with van der Waals surface area (Å²) in [6, 6.07) is 6.02. The summed E-state index contributed by atoms with van der Waals surface area (Å²) < 4.78 is 13.4. The van der Waals surface area contributed by atoms with Gasteiger partial charge in [-0.25, -0.2) is 4.39 Å². The van der Waals surface area contributed by atoms with E-state index >= 15 is 0 Å². The van der Waals surface area contributed by atoms with Gasteiger partial charge in [0.1, 0.15) is 5.82 Å². The Balaban J connectivity index is 2.53. The van der Waals surface area contributed by atoms with Gasteiger partial charge in [-0.3, -0.25) is 9.69 Å². The van der Waals surface area contributed by atoms with E-state index in [1.807, 2.05) is 11.8 Å². The molecule has 0 spiro atoms. The second-order valence-corrected chi connectivity index (χ2v) is 4.34. The third-order valence-electron chi connectivity index (χ3n) is 3.13. The van der Waals surface area contributed by atoms with Crippen molar-refractivity contribution >= 4 is 5.91 Å². The number of nitrogens with one attached hydrogen (secondary N) is 1. The van der Waals surface area contributed by atoms with Crippen molar-refractivity contribution in [1.82, 2.24) is 10.2 Å². The van der Waals surface area contributed by atoms with Gasteiger partial charge < -0.3 is 10.4 Å². The van der Waals surface area contributed by atoms with Crippen molar-refractivity contribution in [3.63, 3.8) is 0 Å². The smallest absolute Gasteiger partial charge is 0.237 e. The second kappa shape index (κ2) is 7.86. The summed E-state index contributed by atoms with van der Waals surface area (Å²) in [4.78, 5) is 13.8. The molecular weight excluding hydrogens is 247 g/mol. The Hall–Kier alpha value is -1.46. The molecule has 2 N–H and O–H groups in total. The lowest BCUT2D eigenvalue weighted by molar-refractivity contribution is -0.126. The van der Waals surface area contributed by atoms with E-state index in [9.17, 15) is 9.18 Å². The fraction of sp³-hybridized carbons (Fsp3) is 0.500. The average Bonchev–Trinajstić information content (AvgIpc) is 2.42. The van der Waals surface area contributed by atoms with Crippen molar-refractivity contribution in [2.75, 3.05) is 19.7 Å². The van der Waals surface area contributed by atoms with Gasteiger partial charge in [0, 0.05) is 18.7 Å². The van der Waals surface area contributed by atoms with Crippen LogP contribution in [0.3, 0.4) is 0 Å². The molecule has 1 aromatic carbocycles. The lowest BCUT2D eigenvalue weighted by Gasteiger charge is -2.26. The summed E-state index contributed by atoms with van der Waals surface area (Å²) in [5.41, 5.74) is 0.466. The number of likely N-dealkylation sites (N-methyl/N-ethyl adjacent to an activating group) is 1. The SMILES string of the molecule is CCN(CCO)C(C)C(=O)NCc1ccccc1F. The first-order valence-electron chi connectivity index (χ1n) is 6.46. The minimum atomic E-state index is -0.344. The van der Waals surface area contributed by atoms with Crippen molar-refractivity contribution in [2.45, 2.75) is 26.4 Å². The molecule has 0 saturated carbocycles. The molecule has 0 aliphatic rings. The summed E-state index contributed by atoms with van der Waals surface area (Å²) in [6.45, 7) is 5.01. The lowest BCUT2D eigenvalue weighted by Crippen LogP contribution is -2.45. The van der Waals surface area contributed by atoms with Crippen LogP contribution in [0.15, 0.2) is 24.3 Å². The van der Waals surface area contributed by atoms with E-state index < -0.39 is 0 Å². The first kappa shape index (κ1) is 15.6. The van der Waals surface area contributed by atoms with E-state index in [1.54, 1.807) is 25.1 Å². The maximum Gasteiger partial charge on any atom is 0.237 e. The van der Waals surface area contributed by atoms with Crippen LogP contribution in [-0.2, 0) is 11.3 Å². The van der Waals surface area contributed by atoms with Gasteiger partial charge in [0.2, 0.25) is 5.91 Å². The monoisotopic (exact) mass is 268 g/mol. The van der Waals surface area contributed by atoms with E-state index in [4.69, 9.17) is 5.11 Å². The Morgan fingerprint density at radius 3 is 2.74 bits per heavy atom. The van der Waals surface area contributed by atoms with Gasteiger partial charge >= 0.3 is 0 Å². The fourth-order valence-electron chi connectivity index (χ4n) is 1.89. The van der Waals surface area contributed by atoms with E-state index in [1.165, 1.54) is 6.07 Å². The highest BCUT2D eigenvalue weighted by Gasteiger charge is 2.19. The Bertz CT molecular complexity index is 412. The molecule has 0 saturated heterocycles. The standard InChI is InChI=1S/C14H21FN2O2/c1-3-17(8-9-18)11(2)14(19)16-10-12-6-4-5-7-13(12)15/h4-7,11,18H,3,8-10H2,1-2H3,(H,16,19). The number of halogens is 1. The minimum absolute atomic E-state index is 0.0127. The number of rotatable bonds is 7. The molecular formula is C14H21FN2O2. The zero-order valence-electron chi connectivity index (χ0n) is 11.4. The lowest BCUT2D eigenvalue weighted by atomic mass is 10.2. The Kier molecular flexibility index (Phi) is 6.45. The van der Waals surface area contributed by atoms with Crippen LogP contribution >= 0.6 is 0 Å². The maximum atomic E-state index is 13.4. The van der Waals surface area contributed by atoms with Crippen LogP contribution in [0.25, 0.3) is 0 Å². The predicted octanol–water partition coefficient (Wildman–Crippen LogP) is 1.14. The van der Waals surface area contributed by atoms with Gasteiger partial charge in [-0.15, -0.1) is 0 Å². The Morgan fingerprint density at radius 2 is 2.16 bits per heavy atom. The van der Waals surface area contributed by atoms with Gasteiger partial charge in [-0.05, 0) is 19.5 Å². The highest BCUT2D eigenvalue weighted by atomic mass is 19.1. The number of aliphatic hydroxyl groups is 1. The molecule has 1 aromatic rings. The zero-order valence-corrected chi connectivity index (χ0v) is 11.4. The molecule has 0 heterocycles. The minimum Gasteiger partial charge on any atom is -0.395 e. The first-order chi connectivity index (χ1) is 9.10. The number of benzene rings is 1. The largest absolute Gasteiger partial charge is 0.395 e. The molecule has 1 unspecified atom stereocenters. The third kappa shape index (κ3) is 4.61. The molecule has 1 amide bonds. The Labute approximate surface area is 113 Å². The van der Waals surface area contributed by atoms with Crippen molar-refractivity contribution in [3.8, 4) is 0 Å². The number of amides is 1. The van der Waals surface area contributed by atoms with Gasteiger partial charge in [-0.2, -0.15) is 0 Å². The van der Waals surface area contributed by atoms with Gasteiger partial charge in [0.15, 0.2) is 0 Å². The summed E-state index contributed by atoms with van der Waals surface area (Å²) >= 11 is 0. The van der Waals surface area contributed by atoms with Crippen LogP contribution in [0.4, 0.5) is 4.39 Å². The molecule has 0 aliphatic heterocycles. The summed E-state index contributed by atoms with van der Waals surface area (Å²) in [5, 5.41) is 11.6. The van der Waals surface area contributed by atoms with Crippen LogP contribution in [0.2, 0.25) is 0 Å². The molecule has 5 heteroatoms. The van der Waals surface area contributed by atoms with Crippen molar-refractivity contribution in [2.24, 2.45) is 0 Å². The Morgan fingerprint density at radius 1 is 1.47 bits per heavy atom. The van der Waals surface area contributed by atoms with Crippen LogP contribution < -0.4 is 5.32 Å². The highest BCUT2D eigenvalue weighted by molar-refractivity contribution is 5.81. The predicted molar refractivity (Wildman–Crippen MR) is 72.0 cm³/mol. The summed E-state index contributed by atoms with van der Waals surface area (Å²) in [5.74, 6) is -0.489. The van der Waals surface area contributed by atoms with Crippen LogP contribution in [0, 0.1) is 5.82 Å². The van der Waals surface area contributed by atoms with Crippen LogP contribution in [0.1, 0.15) is 19.4 Å². The van der Waals surface area contributed by atoms with Crippen molar-refractivity contribution in [3.05, 3.63) is 35.6 Å². The third-order valence-corrected chi connectivity index (χ3v) is 3.13. The normalized spacial score (nSPS) is 12.5. The molecule has 1 atom stereocenters. The molecule has 0 aliphatic carbocycles. The zero-order chi connectivity index (χ0) is 14.3. The molecule has 19 heavy (non-hydrogen) atoms. The number of carbonyl (C=O) groups excluding carboxylic acids is 1. The molecule has 0 fully saturated rings. The van der Waals surface area contributed by atoms with E-state index in [2.05, 4.69) is 5.32 Å². The van der Waals surface area contributed by atoms with Gasteiger partial charge in [0.25, 0.3) is 0 Å². The number of nitrogens with zero attached hydrogens (tertiary/aromatic N) is 1. The van der Waals surface area contributed by atoms with E-state index in [-0.39, 0.29) is 30.9 Å². The number of hydrogen-bond donors (Lipinski definition) is 2. The molecule has 0 bridgehead atoms. The van der Waals surface area contributed by atoms with Crippen molar-refractivity contribution in [1.29, 1.82) is 0 Å². The number of carbonyl (C=O) groups is 1.